The minimum atomic E-state index is -0.282. The highest BCUT2D eigenvalue weighted by Crippen LogP contribution is 2.23. The molecule has 0 radical (unpaired) electrons. The number of nitrogens with zero attached hydrogens (tertiary/aromatic N) is 2. The number of fused-ring (bicyclic) bond motifs is 1. The Morgan fingerprint density at radius 1 is 1.00 bits per heavy atom. The van der Waals surface area contributed by atoms with Crippen LogP contribution < -0.4 is 0 Å². The molecule has 0 aliphatic carbocycles. The van der Waals surface area contributed by atoms with Gasteiger partial charge in [-0.1, -0.05) is 24.3 Å². The van der Waals surface area contributed by atoms with E-state index >= 15 is 0 Å². The van der Waals surface area contributed by atoms with Crippen molar-refractivity contribution in [2.45, 2.75) is 0 Å². The van der Waals surface area contributed by atoms with E-state index in [0.717, 1.165) is 26.2 Å². The summed E-state index contributed by atoms with van der Waals surface area (Å²) < 4.78 is 13.8. The molecule has 0 atom stereocenters. The molecule has 3 nitrogen and oxygen atoms in total. The zero-order valence-electron chi connectivity index (χ0n) is 11.5. The number of hydrogen-bond donors (Lipinski definition) is 0. The topological polar surface area (TPSA) is 23.6 Å². The summed E-state index contributed by atoms with van der Waals surface area (Å²) in [5.74, 6) is -0.287. The number of likely N-dealkylation sites (N-methyl/N-ethyl adjacent to an activating group) is 1. The van der Waals surface area contributed by atoms with Gasteiger partial charge in [0.25, 0.3) is 5.91 Å². The average Bonchev–Trinajstić information content (AvgIpc) is 2.48. The second-order valence-corrected chi connectivity index (χ2v) is 5.24. The van der Waals surface area contributed by atoms with Crippen molar-refractivity contribution >= 4 is 16.7 Å². The molecule has 0 saturated carbocycles. The lowest BCUT2D eigenvalue weighted by atomic mass is 10.0. The van der Waals surface area contributed by atoms with Crippen LogP contribution in [0.15, 0.2) is 36.4 Å². The molecule has 3 rings (SSSR count). The van der Waals surface area contributed by atoms with Crippen LogP contribution in [0.3, 0.4) is 0 Å². The van der Waals surface area contributed by atoms with Gasteiger partial charge in [0.2, 0.25) is 0 Å². The van der Waals surface area contributed by atoms with Crippen LogP contribution in [-0.4, -0.2) is 48.9 Å². The molecule has 0 N–H and O–H groups in total. The van der Waals surface area contributed by atoms with E-state index in [1.807, 2.05) is 17.0 Å². The maximum atomic E-state index is 13.8. The van der Waals surface area contributed by atoms with Crippen molar-refractivity contribution in [2.75, 3.05) is 33.2 Å². The summed E-state index contributed by atoms with van der Waals surface area (Å²) in [6, 6.07) is 10.1. The summed E-state index contributed by atoms with van der Waals surface area (Å²) in [5.41, 5.74) is 0.589. The van der Waals surface area contributed by atoms with Crippen molar-refractivity contribution in [3.05, 3.63) is 47.8 Å². The van der Waals surface area contributed by atoms with E-state index in [-0.39, 0.29) is 11.7 Å². The zero-order valence-corrected chi connectivity index (χ0v) is 11.5. The smallest absolute Gasteiger partial charge is 0.254 e. The predicted molar refractivity (Wildman–Crippen MR) is 77.3 cm³/mol. The van der Waals surface area contributed by atoms with E-state index in [9.17, 15) is 9.18 Å². The zero-order chi connectivity index (χ0) is 14.1. The van der Waals surface area contributed by atoms with Crippen LogP contribution in [0, 0.1) is 5.82 Å². The molecule has 1 aliphatic rings. The van der Waals surface area contributed by atoms with E-state index in [2.05, 4.69) is 11.9 Å². The summed E-state index contributed by atoms with van der Waals surface area (Å²) in [7, 11) is 2.05. The SMILES string of the molecule is CN1CCN(C(=O)c2ccc(F)c3ccccc23)CC1. The first-order chi connectivity index (χ1) is 9.66. The van der Waals surface area contributed by atoms with Gasteiger partial charge in [-0.05, 0) is 24.6 Å². The van der Waals surface area contributed by atoms with Crippen LogP contribution in [0.1, 0.15) is 10.4 Å². The third-order valence-corrected chi connectivity index (χ3v) is 3.89. The van der Waals surface area contributed by atoms with Crippen LogP contribution in [-0.2, 0) is 0 Å². The molecule has 1 saturated heterocycles. The van der Waals surface area contributed by atoms with Gasteiger partial charge in [-0.15, -0.1) is 0 Å². The van der Waals surface area contributed by atoms with Gasteiger partial charge in [0, 0.05) is 37.1 Å². The third kappa shape index (κ3) is 2.27. The minimum absolute atomic E-state index is 0.00528. The van der Waals surface area contributed by atoms with Gasteiger partial charge < -0.3 is 9.80 Å². The van der Waals surface area contributed by atoms with Gasteiger partial charge in [0.15, 0.2) is 0 Å². The molecule has 2 aromatic rings. The van der Waals surface area contributed by atoms with E-state index in [1.54, 1.807) is 18.2 Å². The Hall–Kier alpha value is -1.94. The monoisotopic (exact) mass is 272 g/mol. The molecule has 1 amide bonds. The van der Waals surface area contributed by atoms with Crippen LogP contribution in [0.4, 0.5) is 4.39 Å². The van der Waals surface area contributed by atoms with Crippen LogP contribution >= 0.6 is 0 Å². The second kappa shape index (κ2) is 5.21. The molecule has 4 heteroatoms. The number of hydrogen-bond acceptors (Lipinski definition) is 2. The Balaban J connectivity index is 1.98. The normalized spacial score (nSPS) is 16.6. The Kier molecular flexibility index (Phi) is 3.40. The van der Waals surface area contributed by atoms with Gasteiger partial charge in [-0.3, -0.25) is 4.79 Å². The van der Waals surface area contributed by atoms with E-state index in [4.69, 9.17) is 0 Å². The number of halogens is 1. The molecule has 0 unspecified atom stereocenters. The molecular formula is C16H17FN2O. The Morgan fingerprint density at radius 3 is 2.35 bits per heavy atom. The summed E-state index contributed by atoms with van der Waals surface area (Å²) in [6.07, 6.45) is 0. The summed E-state index contributed by atoms with van der Waals surface area (Å²) in [5, 5.41) is 1.20. The number of carbonyl (C=O) groups is 1. The fourth-order valence-electron chi connectivity index (χ4n) is 2.63. The lowest BCUT2D eigenvalue weighted by Gasteiger charge is -2.32. The van der Waals surface area contributed by atoms with Crippen LogP contribution in [0.25, 0.3) is 10.8 Å². The largest absolute Gasteiger partial charge is 0.336 e. The number of amides is 1. The molecule has 104 valence electrons. The molecule has 0 spiro atoms. The number of carbonyl (C=O) groups excluding carboxylic acids is 1. The first-order valence-electron chi connectivity index (χ1n) is 6.82. The van der Waals surface area contributed by atoms with Crippen molar-refractivity contribution in [3.63, 3.8) is 0 Å². The van der Waals surface area contributed by atoms with Gasteiger partial charge in [-0.2, -0.15) is 0 Å². The molecule has 0 aromatic heterocycles. The molecule has 20 heavy (non-hydrogen) atoms. The van der Waals surface area contributed by atoms with Crippen LogP contribution in [0.2, 0.25) is 0 Å². The van der Waals surface area contributed by atoms with E-state index < -0.39 is 0 Å². The number of rotatable bonds is 1. The molecule has 2 aromatic carbocycles. The quantitative estimate of drug-likeness (QED) is 0.795. The molecular weight excluding hydrogens is 255 g/mol. The Morgan fingerprint density at radius 2 is 1.65 bits per heavy atom. The average molecular weight is 272 g/mol. The van der Waals surface area contributed by atoms with Crippen molar-refractivity contribution < 1.29 is 9.18 Å². The highest BCUT2D eigenvalue weighted by atomic mass is 19.1. The van der Waals surface area contributed by atoms with Crippen molar-refractivity contribution in [1.82, 2.24) is 9.80 Å². The lowest BCUT2D eigenvalue weighted by molar-refractivity contribution is 0.0666. The summed E-state index contributed by atoms with van der Waals surface area (Å²) in [4.78, 5) is 16.7. The highest BCUT2D eigenvalue weighted by molar-refractivity contribution is 6.07. The molecule has 0 bridgehead atoms. The number of benzene rings is 2. The first-order valence-corrected chi connectivity index (χ1v) is 6.82. The van der Waals surface area contributed by atoms with Crippen molar-refractivity contribution in [2.24, 2.45) is 0 Å². The summed E-state index contributed by atoms with van der Waals surface area (Å²) >= 11 is 0. The minimum Gasteiger partial charge on any atom is -0.336 e. The van der Waals surface area contributed by atoms with Gasteiger partial charge in [-0.25, -0.2) is 4.39 Å². The first kappa shape index (κ1) is 13.1. The number of piperazine rings is 1. The molecule has 1 fully saturated rings. The predicted octanol–water partition coefficient (Wildman–Crippen LogP) is 2.37. The third-order valence-electron chi connectivity index (χ3n) is 3.89. The van der Waals surface area contributed by atoms with Crippen molar-refractivity contribution in [3.8, 4) is 0 Å². The highest BCUT2D eigenvalue weighted by Gasteiger charge is 2.22. The second-order valence-electron chi connectivity index (χ2n) is 5.24. The Labute approximate surface area is 117 Å². The van der Waals surface area contributed by atoms with E-state index in [0.29, 0.717) is 16.3 Å². The van der Waals surface area contributed by atoms with Gasteiger partial charge in [0.1, 0.15) is 5.82 Å². The fourth-order valence-corrected chi connectivity index (χ4v) is 2.63. The van der Waals surface area contributed by atoms with Crippen molar-refractivity contribution in [1.29, 1.82) is 0 Å². The standard InChI is InChI=1S/C16H17FN2O/c1-18-8-10-19(11-9-18)16(20)14-6-7-15(17)13-5-3-2-4-12(13)14/h2-7H,8-11H2,1H3. The van der Waals surface area contributed by atoms with Crippen LogP contribution in [0.5, 0.6) is 0 Å². The molecule has 1 heterocycles. The Bertz CT molecular complexity index is 648. The van der Waals surface area contributed by atoms with Gasteiger partial charge >= 0.3 is 0 Å². The maximum Gasteiger partial charge on any atom is 0.254 e. The van der Waals surface area contributed by atoms with E-state index in [1.165, 1.54) is 6.07 Å². The summed E-state index contributed by atoms with van der Waals surface area (Å²) in [6.45, 7) is 3.21. The fraction of sp³-hybridized carbons (Fsp3) is 0.312. The van der Waals surface area contributed by atoms with Gasteiger partial charge in [0.05, 0.1) is 0 Å². The maximum absolute atomic E-state index is 13.8. The molecule has 1 aliphatic heterocycles. The lowest BCUT2D eigenvalue weighted by Crippen LogP contribution is -2.47.